The minimum atomic E-state index is 0.320. The lowest BCUT2D eigenvalue weighted by Crippen LogP contribution is -2.24. The van der Waals surface area contributed by atoms with Gasteiger partial charge in [-0.1, -0.05) is 18.2 Å². The number of nitriles is 1. The Labute approximate surface area is 124 Å². The Bertz CT molecular complexity index is 688. The molecule has 106 valence electrons. The summed E-state index contributed by atoms with van der Waals surface area (Å²) in [5, 5.41) is 22.1. The van der Waals surface area contributed by atoms with Gasteiger partial charge < -0.3 is 10.4 Å². The lowest BCUT2D eigenvalue weighted by molar-refractivity contribution is 0.449. The van der Waals surface area contributed by atoms with E-state index in [0.29, 0.717) is 17.4 Å². The fraction of sp³-hybridized carbons (Fsp3) is 0.278. The summed E-state index contributed by atoms with van der Waals surface area (Å²) in [7, 11) is 0. The van der Waals surface area contributed by atoms with Crippen LogP contribution in [0.2, 0.25) is 0 Å². The molecule has 0 heterocycles. The number of hydrogen-bond donors (Lipinski definition) is 2. The average molecular weight is 278 g/mol. The lowest BCUT2D eigenvalue weighted by atomic mass is 9.87. The summed E-state index contributed by atoms with van der Waals surface area (Å²) in [6.07, 6.45) is 3.27. The van der Waals surface area contributed by atoms with Crippen LogP contribution in [0, 0.1) is 11.3 Å². The number of phenols is 1. The summed E-state index contributed by atoms with van der Waals surface area (Å²) in [4.78, 5) is 0. The molecule has 0 saturated carbocycles. The van der Waals surface area contributed by atoms with Gasteiger partial charge in [0.2, 0.25) is 0 Å². The first-order chi connectivity index (χ1) is 10.3. The van der Waals surface area contributed by atoms with E-state index in [1.807, 2.05) is 36.4 Å². The molecule has 2 aromatic rings. The number of hydrogen-bond acceptors (Lipinski definition) is 3. The van der Waals surface area contributed by atoms with E-state index < -0.39 is 0 Å². The molecule has 1 unspecified atom stereocenters. The minimum absolute atomic E-state index is 0.320. The molecule has 0 radical (unpaired) electrons. The largest absolute Gasteiger partial charge is 0.508 e. The average Bonchev–Trinajstić information content (AvgIpc) is 2.52. The van der Waals surface area contributed by atoms with Crippen LogP contribution in [-0.2, 0) is 13.0 Å². The number of phenolic OH excluding ortho intramolecular Hbond substituents is 1. The van der Waals surface area contributed by atoms with Crippen LogP contribution in [0.3, 0.4) is 0 Å². The lowest BCUT2D eigenvalue weighted by Gasteiger charge is -2.26. The fourth-order valence-corrected chi connectivity index (χ4v) is 3.00. The number of benzene rings is 2. The number of fused-ring (bicyclic) bond motifs is 1. The van der Waals surface area contributed by atoms with Gasteiger partial charge in [-0.05, 0) is 60.2 Å². The second-order valence-electron chi connectivity index (χ2n) is 5.52. The third-order valence-corrected chi connectivity index (χ3v) is 4.05. The maximum Gasteiger partial charge on any atom is 0.115 e. The second-order valence-corrected chi connectivity index (χ2v) is 5.52. The zero-order valence-corrected chi connectivity index (χ0v) is 11.8. The van der Waals surface area contributed by atoms with E-state index in [2.05, 4.69) is 11.4 Å². The van der Waals surface area contributed by atoms with Crippen LogP contribution < -0.4 is 5.32 Å². The van der Waals surface area contributed by atoms with Crippen LogP contribution in [0.15, 0.2) is 42.5 Å². The Morgan fingerprint density at radius 1 is 1.24 bits per heavy atom. The topological polar surface area (TPSA) is 56.0 Å². The van der Waals surface area contributed by atoms with Gasteiger partial charge in [0.25, 0.3) is 0 Å². The maximum absolute atomic E-state index is 9.59. The predicted octanol–water partition coefficient (Wildman–Crippen LogP) is 3.43. The molecule has 0 fully saturated rings. The molecule has 21 heavy (non-hydrogen) atoms. The molecule has 1 aliphatic carbocycles. The molecule has 0 spiro atoms. The summed E-state index contributed by atoms with van der Waals surface area (Å²) in [5.41, 5.74) is 4.35. The molecule has 1 aliphatic rings. The fourth-order valence-electron chi connectivity index (χ4n) is 3.00. The van der Waals surface area contributed by atoms with Crippen molar-refractivity contribution in [2.24, 2.45) is 0 Å². The van der Waals surface area contributed by atoms with Crippen LogP contribution in [0.5, 0.6) is 5.75 Å². The Hall–Kier alpha value is -2.31. The SMILES string of the molecule is N#Cc1cccc(CNC2CCCc3cc(O)ccc32)c1. The summed E-state index contributed by atoms with van der Waals surface area (Å²) in [6, 6.07) is 15.8. The molecule has 0 aliphatic heterocycles. The molecule has 2 aromatic carbocycles. The van der Waals surface area contributed by atoms with Crippen LogP contribution in [0.4, 0.5) is 0 Å². The second kappa shape index (κ2) is 5.99. The van der Waals surface area contributed by atoms with Gasteiger partial charge in [0.1, 0.15) is 5.75 Å². The highest BCUT2D eigenvalue weighted by molar-refractivity contribution is 5.38. The van der Waals surface area contributed by atoms with E-state index in [1.165, 1.54) is 11.1 Å². The molecule has 0 amide bonds. The van der Waals surface area contributed by atoms with Crippen molar-refractivity contribution in [1.29, 1.82) is 5.26 Å². The molecule has 3 heteroatoms. The molecule has 2 N–H and O–H groups in total. The molecule has 3 nitrogen and oxygen atoms in total. The Morgan fingerprint density at radius 3 is 3.00 bits per heavy atom. The molecule has 0 saturated heterocycles. The Balaban J connectivity index is 1.73. The van der Waals surface area contributed by atoms with Gasteiger partial charge in [0, 0.05) is 12.6 Å². The van der Waals surface area contributed by atoms with Crippen molar-refractivity contribution in [3.8, 4) is 11.8 Å². The van der Waals surface area contributed by atoms with Crippen molar-refractivity contribution in [1.82, 2.24) is 5.32 Å². The summed E-state index contributed by atoms with van der Waals surface area (Å²) in [6.45, 7) is 0.750. The predicted molar refractivity (Wildman–Crippen MR) is 81.8 cm³/mol. The zero-order chi connectivity index (χ0) is 14.7. The van der Waals surface area contributed by atoms with Gasteiger partial charge in [0.05, 0.1) is 11.6 Å². The van der Waals surface area contributed by atoms with Crippen molar-refractivity contribution < 1.29 is 5.11 Å². The van der Waals surface area contributed by atoms with Gasteiger partial charge in [-0.25, -0.2) is 0 Å². The van der Waals surface area contributed by atoms with E-state index in [9.17, 15) is 5.11 Å². The van der Waals surface area contributed by atoms with Crippen LogP contribution >= 0.6 is 0 Å². The quantitative estimate of drug-likeness (QED) is 0.904. The Morgan fingerprint density at radius 2 is 2.14 bits per heavy atom. The van der Waals surface area contributed by atoms with Crippen molar-refractivity contribution in [2.45, 2.75) is 31.8 Å². The zero-order valence-electron chi connectivity index (χ0n) is 11.8. The van der Waals surface area contributed by atoms with Crippen LogP contribution in [-0.4, -0.2) is 5.11 Å². The highest BCUT2D eigenvalue weighted by Crippen LogP contribution is 2.32. The first-order valence-electron chi connectivity index (χ1n) is 7.30. The van der Waals surface area contributed by atoms with Gasteiger partial charge in [-0.15, -0.1) is 0 Å². The highest BCUT2D eigenvalue weighted by atomic mass is 16.3. The van der Waals surface area contributed by atoms with E-state index in [1.54, 1.807) is 6.07 Å². The van der Waals surface area contributed by atoms with Gasteiger partial charge in [-0.3, -0.25) is 0 Å². The van der Waals surface area contributed by atoms with Crippen molar-refractivity contribution >= 4 is 0 Å². The molecular formula is C18H18N2O. The van der Waals surface area contributed by atoms with Gasteiger partial charge >= 0.3 is 0 Å². The summed E-state index contributed by atoms with van der Waals surface area (Å²) in [5.74, 6) is 0.344. The number of nitrogens with one attached hydrogen (secondary N) is 1. The van der Waals surface area contributed by atoms with Crippen molar-refractivity contribution in [3.05, 3.63) is 64.7 Å². The van der Waals surface area contributed by atoms with Gasteiger partial charge in [-0.2, -0.15) is 5.26 Å². The number of aryl methyl sites for hydroxylation is 1. The number of aromatic hydroxyl groups is 1. The van der Waals surface area contributed by atoms with Crippen molar-refractivity contribution in [3.63, 3.8) is 0 Å². The van der Waals surface area contributed by atoms with E-state index in [-0.39, 0.29) is 0 Å². The third-order valence-electron chi connectivity index (χ3n) is 4.05. The normalized spacial score (nSPS) is 17.0. The van der Waals surface area contributed by atoms with Crippen molar-refractivity contribution in [2.75, 3.05) is 0 Å². The Kier molecular flexibility index (Phi) is 3.89. The monoisotopic (exact) mass is 278 g/mol. The number of rotatable bonds is 3. The van der Waals surface area contributed by atoms with Crippen LogP contribution in [0.25, 0.3) is 0 Å². The van der Waals surface area contributed by atoms with Gasteiger partial charge in [0.15, 0.2) is 0 Å². The first-order valence-corrected chi connectivity index (χ1v) is 7.30. The number of nitrogens with zero attached hydrogens (tertiary/aromatic N) is 1. The maximum atomic E-state index is 9.59. The molecule has 1 atom stereocenters. The molecule has 0 bridgehead atoms. The minimum Gasteiger partial charge on any atom is -0.508 e. The molecule has 3 rings (SSSR count). The highest BCUT2D eigenvalue weighted by Gasteiger charge is 2.19. The third kappa shape index (κ3) is 3.07. The van der Waals surface area contributed by atoms with Crippen LogP contribution in [0.1, 0.15) is 41.1 Å². The first kappa shape index (κ1) is 13.7. The van der Waals surface area contributed by atoms with E-state index >= 15 is 0 Å². The van der Waals surface area contributed by atoms with E-state index in [4.69, 9.17) is 5.26 Å². The molecule has 0 aromatic heterocycles. The van der Waals surface area contributed by atoms with E-state index in [0.717, 1.165) is 31.4 Å². The molecular weight excluding hydrogens is 260 g/mol. The standard InChI is InChI=1S/C18H18N2O/c19-11-13-3-1-4-14(9-13)12-20-18-6-2-5-15-10-16(21)7-8-17(15)18/h1,3-4,7-10,18,20-21H,2,5-6,12H2. The summed E-state index contributed by atoms with van der Waals surface area (Å²) >= 11 is 0. The summed E-state index contributed by atoms with van der Waals surface area (Å²) < 4.78 is 0. The smallest absolute Gasteiger partial charge is 0.115 e.